The minimum absolute atomic E-state index is 0.0843. The van der Waals surface area contributed by atoms with E-state index in [0.717, 1.165) is 28.6 Å². The average Bonchev–Trinajstić information content (AvgIpc) is 2.79. The highest BCUT2D eigenvalue weighted by atomic mass is 16.5. The Hall–Kier alpha value is -4.17. The van der Waals surface area contributed by atoms with Crippen LogP contribution >= 0.6 is 0 Å². The maximum Gasteiger partial charge on any atom is 0.247 e. The van der Waals surface area contributed by atoms with Crippen molar-refractivity contribution in [2.24, 2.45) is 0 Å². The second-order valence-corrected chi connectivity index (χ2v) is 7.70. The van der Waals surface area contributed by atoms with E-state index in [1.807, 2.05) is 30.3 Å². The number of hydrogen-bond acceptors (Lipinski definition) is 4. The van der Waals surface area contributed by atoms with Crippen LogP contribution in [0.25, 0.3) is 0 Å². The van der Waals surface area contributed by atoms with E-state index in [9.17, 15) is 5.26 Å². The van der Waals surface area contributed by atoms with Gasteiger partial charge < -0.3 is 9.47 Å². The normalized spacial score (nSPS) is 13.7. The first-order chi connectivity index (χ1) is 14.8. The first kappa shape index (κ1) is 15.7. The Labute approximate surface area is 173 Å². The lowest BCUT2D eigenvalue weighted by Crippen LogP contribution is -2.57. The maximum absolute atomic E-state index is 9.47. The zero-order valence-electron chi connectivity index (χ0n) is 15.8. The molecule has 3 aliphatic heterocycles. The molecule has 0 aliphatic carbocycles. The zero-order valence-corrected chi connectivity index (χ0v) is 15.8. The van der Waals surface area contributed by atoms with Crippen LogP contribution in [-0.2, 0) is 0 Å². The van der Waals surface area contributed by atoms with Gasteiger partial charge in [0.25, 0.3) is 0 Å². The molecule has 0 atom stereocenters. The summed E-state index contributed by atoms with van der Waals surface area (Å²) in [5.41, 5.74) is 7.11. The Kier molecular flexibility index (Phi) is 2.86. The third-order valence-corrected chi connectivity index (χ3v) is 6.10. The van der Waals surface area contributed by atoms with Crippen molar-refractivity contribution in [3.05, 3.63) is 84.4 Å². The number of nitrogens with zero attached hydrogens (tertiary/aromatic N) is 2. The van der Waals surface area contributed by atoms with E-state index in [0.29, 0.717) is 17.1 Å². The van der Waals surface area contributed by atoms with E-state index in [1.165, 1.54) is 16.4 Å². The largest absolute Gasteiger partial charge is 0.453 e. The highest BCUT2D eigenvalue weighted by Gasteiger charge is 2.44. The minimum Gasteiger partial charge on any atom is -0.453 e. The molecule has 0 aromatic heterocycles. The zero-order chi connectivity index (χ0) is 19.8. The van der Waals surface area contributed by atoms with Gasteiger partial charge in [0.2, 0.25) is 6.71 Å². The van der Waals surface area contributed by atoms with E-state index in [-0.39, 0.29) is 6.71 Å². The number of rotatable bonds is 1. The number of ether oxygens (including phenoxy) is 2. The van der Waals surface area contributed by atoms with Crippen molar-refractivity contribution >= 4 is 40.2 Å². The van der Waals surface area contributed by atoms with E-state index in [2.05, 4.69) is 47.4 Å². The lowest BCUT2D eigenvalue weighted by atomic mass is 9.35. The fraction of sp³-hybridized carbons (Fsp3) is 0. The van der Waals surface area contributed by atoms with E-state index >= 15 is 0 Å². The molecule has 138 valence electrons. The lowest BCUT2D eigenvalue weighted by Gasteiger charge is -2.44. The number of nitriles is 1. The van der Waals surface area contributed by atoms with Crippen LogP contribution in [0.4, 0.5) is 17.1 Å². The van der Waals surface area contributed by atoms with Gasteiger partial charge in [-0.25, -0.2) is 0 Å². The van der Waals surface area contributed by atoms with E-state index < -0.39 is 0 Å². The molecule has 7 rings (SSSR count). The lowest BCUT2D eigenvalue weighted by molar-refractivity contribution is 0.446. The minimum atomic E-state index is 0.0843. The molecular formula is C25H13BN2O2. The van der Waals surface area contributed by atoms with Crippen molar-refractivity contribution in [1.82, 2.24) is 0 Å². The molecule has 0 saturated carbocycles. The quantitative estimate of drug-likeness (QED) is 0.401. The molecular weight excluding hydrogens is 371 g/mol. The molecule has 0 saturated heterocycles. The predicted molar refractivity (Wildman–Crippen MR) is 117 cm³/mol. The van der Waals surface area contributed by atoms with Gasteiger partial charge in [0.1, 0.15) is 5.69 Å². The summed E-state index contributed by atoms with van der Waals surface area (Å²) in [5, 5.41) is 9.47. The summed E-state index contributed by atoms with van der Waals surface area (Å²) in [6.07, 6.45) is 0. The van der Waals surface area contributed by atoms with E-state index in [4.69, 9.17) is 9.47 Å². The van der Waals surface area contributed by atoms with Gasteiger partial charge in [-0.15, -0.1) is 0 Å². The predicted octanol–water partition coefficient (Wildman–Crippen LogP) is 4.07. The third-order valence-electron chi connectivity index (χ3n) is 6.10. The Bertz CT molecular complexity index is 1350. The van der Waals surface area contributed by atoms with Crippen LogP contribution < -0.4 is 30.8 Å². The molecule has 4 aromatic carbocycles. The highest BCUT2D eigenvalue weighted by molar-refractivity contribution is 6.98. The van der Waals surface area contributed by atoms with Gasteiger partial charge in [-0.3, -0.25) is 4.90 Å². The second kappa shape index (κ2) is 5.46. The van der Waals surface area contributed by atoms with Crippen LogP contribution in [-0.4, -0.2) is 6.71 Å². The summed E-state index contributed by atoms with van der Waals surface area (Å²) in [6.45, 7) is 0.0843. The summed E-state index contributed by atoms with van der Waals surface area (Å²) in [6, 6.07) is 28.8. The Morgan fingerprint density at radius 2 is 1.27 bits per heavy atom. The fourth-order valence-electron chi connectivity index (χ4n) is 4.96. The fourth-order valence-corrected chi connectivity index (χ4v) is 4.96. The summed E-state index contributed by atoms with van der Waals surface area (Å²) >= 11 is 0. The number of para-hydroxylation sites is 2. The molecule has 3 aliphatic rings. The number of benzene rings is 4. The molecule has 0 amide bonds. The van der Waals surface area contributed by atoms with Crippen LogP contribution in [0.15, 0.2) is 78.9 Å². The molecule has 0 fully saturated rings. The Balaban J connectivity index is 1.61. The molecule has 3 heterocycles. The van der Waals surface area contributed by atoms with E-state index in [1.54, 1.807) is 12.1 Å². The number of hydrogen-bond donors (Lipinski definition) is 0. The van der Waals surface area contributed by atoms with Gasteiger partial charge in [0.05, 0.1) is 23.0 Å². The van der Waals surface area contributed by atoms with Gasteiger partial charge in [-0.2, -0.15) is 5.26 Å². The Morgan fingerprint density at radius 3 is 1.83 bits per heavy atom. The molecule has 0 spiro atoms. The SMILES string of the molecule is N#Cc1cc2c3c(c1)Oc1cccc4c1N3c1c(cccc1B4c1ccccc1)O2. The van der Waals surface area contributed by atoms with Crippen molar-refractivity contribution in [1.29, 1.82) is 5.26 Å². The van der Waals surface area contributed by atoms with Crippen molar-refractivity contribution in [3.8, 4) is 29.1 Å². The molecule has 0 bridgehead atoms. The van der Waals surface area contributed by atoms with Crippen LogP contribution in [0.2, 0.25) is 0 Å². The second-order valence-electron chi connectivity index (χ2n) is 7.70. The molecule has 4 nitrogen and oxygen atoms in total. The maximum atomic E-state index is 9.47. The smallest absolute Gasteiger partial charge is 0.247 e. The third kappa shape index (κ3) is 1.86. The molecule has 0 unspecified atom stereocenters. The highest BCUT2D eigenvalue weighted by Crippen LogP contribution is 2.59. The molecule has 0 N–H and O–H groups in total. The Morgan fingerprint density at radius 1 is 0.667 bits per heavy atom. The van der Waals surface area contributed by atoms with Crippen LogP contribution in [0.3, 0.4) is 0 Å². The summed E-state index contributed by atoms with van der Waals surface area (Å²) < 4.78 is 12.6. The standard InChI is InChI=1S/C25H13BN2O2/c27-14-15-12-21-25-22(13-15)30-20-11-5-9-18-24(20)28(25)23-17(8-4-10-19(23)29-21)26(18)16-6-2-1-3-7-16/h1-13H. The van der Waals surface area contributed by atoms with Gasteiger partial charge in [0.15, 0.2) is 23.0 Å². The van der Waals surface area contributed by atoms with Crippen molar-refractivity contribution in [2.45, 2.75) is 0 Å². The van der Waals surface area contributed by atoms with Gasteiger partial charge in [-0.1, -0.05) is 60.1 Å². The van der Waals surface area contributed by atoms with Crippen molar-refractivity contribution in [3.63, 3.8) is 0 Å². The molecule has 4 aromatic rings. The van der Waals surface area contributed by atoms with Crippen molar-refractivity contribution < 1.29 is 9.47 Å². The summed E-state index contributed by atoms with van der Waals surface area (Å²) in [7, 11) is 0. The molecule has 30 heavy (non-hydrogen) atoms. The summed E-state index contributed by atoms with van der Waals surface area (Å²) in [4.78, 5) is 2.26. The molecule has 5 heteroatoms. The van der Waals surface area contributed by atoms with Gasteiger partial charge in [-0.05, 0) is 23.1 Å². The first-order valence-electron chi connectivity index (χ1n) is 9.88. The molecule has 0 radical (unpaired) electrons. The monoisotopic (exact) mass is 384 g/mol. The topological polar surface area (TPSA) is 45.5 Å². The van der Waals surface area contributed by atoms with Crippen molar-refractivity contribution in [2.75, 3.05) is 4.90 Å². The van der Waals surface area contributed by atoms with Gasteiger partial charge in [0, 0.05) is 12.1 Å². The van der Waals surface area contributed by atoms with Crippen LogP contribution in [0.5, 0.6) is 23.0 Å². The van der Waals surface area contributed by atoms with Gasteiger partial charge >= 0.3 is 0 Å². The van der Waals surface area contributed by atoms with Crippen LogP contribution in [0, 0.1) is 11.3 Å². The average molecular weight is 384 g/mol. The number of anilines is 3. The first-order valence-corrected chi connectivity index (χ1v) is 9.88. The van der Waals surface area contributed by atoms with Crippen LogP contribution in [0.1, 0.15) is 5.56 Å². The summed E-state index contributed by atoms with van der Waals surface area (Å²) in [5.74, 6) is 2.88.